The summed E-state index contributed by atoms with van der Waals surface area (Å²) in [5.41, 5.74) is -0.218. The van der Waals surface area contributed by atoms with Crippen LogP contribution in [0.1, 0.15) is 11.1 Å². The van der Waals surface area contributed by atoms with E-state index in [1.165, 1.54) is 23.1 Å². The monoisotopic (exact) mass is 250 g/mol. The van der Waals surface area contributed by atoms with E-state index in [0.717, 1.165) is 6.07 Å². The predicted octanol–water partition coefficient (Wildman–Crippen LogP) is 3.58. The average molecular weight is 250 g/mol. The van der Waals surface area contributed by atoms with E-state index in [1.807, 2.05) is 6.07 Å². The molecule has 0 aliphatic carbocycles. The van der Waals surface area contributed by atoms with E-state index in [9.17, 15) is 13.2 Å². The highest BCUT2D eigenvalue weighted by atomic mass is 19.4. The Labute approximate surface area is 102 Å². The molecule has 92 valence electrons. The van der Waals surface area contributed by atoms with Crippen molar-refractivity contribution in [1.82, 2.24) is 0 Å². The van der Waals surface area contributed by atoms with Crippen molar-refractivity contribution in [2.45, 2.75) is 6.18 Å². The highest BCUT2D eigenvalue weighted by Gasteiger charge is 2.34. The van der Waals surface area contributed by atoms with E-state index < -0.39 is 11.7 Å². The van der Waals surface area contributed by atoms with Crippen molar-refractivity contribution >= 4 is 11.8 Å². The molecule has 0 atom stereocenters. The normalized spacial score (nSPS) is 14.0. The van der Waals surface area contributed by atoms with Crippen molar-refractivity contribution in [2.24, 2.45) is 0 Å². The van der Waals surface area contributed by atoms with Gasteiger partial charge >= 0.3 is 6.18 Å². The third-order valence-corrected chi connectivity index (χ3v) is 2.58. The van der Waals surface area contributed by atoms with Gasteiger partial charge in [-0.25, -0.2) is 0 Å². The van der Waals surface area contributed by atoms with Crippen LogP contribution in [0.3, 0.4) is 0 Å². The third-order valence-electron chi connectivity index (χ3n) is 2.58. The lowest BCUT2D eigenvalue weighted by molar-refractivity contribution is -0.137. The minimum absolute atomic E-state index is 0.00644. The Hall–Kier alpha value is -2.22. The number of halogens is 3. The van der Waals surface area contributed by atoms with Crippen LogP contribution in [0.15, 0.2) is 36.6 Å². The second-order valence-corrected chi connectivity index (χ2v) is 3.72. The fourth-order valence-corrected chi connectivity index (χ4v) is 1.83. The standard InChI is InChI=1S/C13H9F3N2/c14-13(15,16)11-5-3-6-12-10(11)4-1-2-8-18(12)9-7-17/h1-6,8H,9H2. The molecule has 2 nitrogen and oxygen atoms in total. The Kier molecular flexibility index (Phi) is 3.11. The minimum Gasteiger partial charge on any atom is -0.334 e. The first-order valence-corrected chi connectivity index (χ1v) is 5.22. The number of hydrogen-bond donors (Lipinski definition) is 0. The molecule has 1 aromatic rings. The molecule has 0 bridgehead atoms. The topological polar surface area (TPSA) is 27.0 Å². The maximum atomic E-state index is 12.9. The lowest BCUT2D eigenvalue weighted by atomic mass is 10.0. The van der Waals surface area contributed by atoms with Crippen LogP contribution in [0.2, 0.25) is 0 Å². The Morgan fingerprint density at radius 1 is 1.22 bits per heavy atom. The summed E-state index contributed by atoms with van der Waals surface area (Å²) < 4.78 is 38.7. The van der Waals surface area contributed by atoms with Crippen LogP contribution in [0.5, 0.6) is 0 Å². The SMILES string of the molecule is N#CCN1C=CC=Cc2c1cccc2C(F)(F)F. The summed E-state index contributed by atoms with van der Waals surface area (Å²) in [5, 5.41) is 8.70. The van der Waals surface area contributed by atoms with E-state index in [4.69, 9.17) is 5.26 Å². The number of hydrogen-bond acceptors (Lipinski definition) is 2. The van der Waals surface area contributed by atoms with Gasteiger partial charge in [0.2, 0.25) is 0 Å². The first kappa shape index (κ1) is 12.2. The van der Waals surface area contributed by atoms with Crippen LogP contribution in [-0.2, 0) is 6.18 Å². The fourth-order valence-electron chi connectivity index (χ4n) is 1.83. The van der Waals surface area contributed by atoms with Gasteiger partial charge in [-0.2, -0.15) is 18.4 Å². The molecule has 1 aromatic carbocycles. The van der Waals surface area contributed by atoms with Gasteiger partial charge in [-0.3, -0.25) is 0 Å². The highest BCUT2D eigenvalue weighted by Crippen LogP contribution is 2.37. The third kappa shape index (κ3) is 2.23. The molecule has 0 saturated heterocycles. The van der Waals surface area contributed by atoms with Gasteiger partial charge in [0, 0.05) is 17.5 Å². The minimum atomic E-state index is -4.40. The zero-order valence-electron chi connectivity index (χ0n) is 9.28. The number of allylic oxidation sites excluding steroid dienone is 2. The molecule has 1 heterocycles. The Morgan fingerprint density at radius 2 is 2.00 bits per heavy atom. The van der Waals surface area contributed by atoms with Crippen LogP contribution in [-0.4, -0.2) is 6.54 Å². The van der Waals surface area contributed by atoms with Crippen LogP contribution in [0.4, 0.5) is 18.9 Å². The number of fused-ring (bicyclic) bond motifs is 1. The first-order chi connectivity index (χ1) is 8.54. The smallest absolute Gasteiger partial charge is 0.334 e. The number of alkyl halides is 3. The van der Waals surface area contributed by atoms with Gasteiger partial charge in [0.1, 0.15) is 6.54 Å². The van der Waals surface area contributed by atoms with Crippen molar-refractivity contribution in [1.29, 1.82) is 5.26 Å². The summed E-state index contributed by atoms with van der Waals surface area (Å²) in [5.74, 6) is 0. The molecule has 0 unspecified atom stereocenters. The lowest BCUT2D eigenvalue weighted by Crippen LogP contribution is -2.18. The fraction of sp³-hybridized carbons (Fsp3) is 0.154. The van der Waals surface area contributed by atoms with Gasteiger partial charge in [0.05, 0.1) is 11.6 Å². The number of anilines is 1. The van der Waals surface area contributed by atoms with Gasteiger partial charge in [-0.05, 0) is 18.2 Å². The maximum absolute atomic E-state index is 12.9. The number of rotatable bonds is 1. The number of nitriles is 1. The molecule has 1 aliphatic heterocycles. The van der Waals surface area contributed by atoms with Crippen molar-refractivity contribution in [3.63, 3.8) is 0 Å². The van der Waals surface area contributed by atoms with Crippen LogP contribution in [0, 0.1) is 11.3 Å². The Balaban J connectivity index is 2.60. The largest absolute Gasteiger partial charge is 0.417 e. The van der Waals surface area contributed by atoms with Gasteiger partial charge < -0.3 is 4.90 Å². The van der Waals surface area contributed by atoms with Crippen LogP contribution in [0.25, 0.3) is 6.08 Å². The molecule has 0 radical (unpaired) electrons. The number of benzene rings is 1. The molecular formula is C13H9F3N2. The molecule has 0 spiro atoms. The molecular weight excluding hydrogens is 241 g/mol. The molecule has 2 rings (SSSR count). The molecule has 0 amide bonds. The van der Waals surface area contributed by atoms with Gasteiger partial charge in [-0.15, -0.1) is 0 Å². The summed E-state index contributed by atoms with van der Waals surface area (Å²) in [6, 6.07) is 5.89. The molecule has 18 heavy (non-hydrogen) atoms. The van der Waals surface area contributed by atoms with Crippen LogP contribution >= 0.6 is 0 Å². The van der Waals surface area contributed by atoms with Gasteiger partial charge in [-0.1, -0.05) is 18.2 Å². The van der Waals surface area contributed by atoms with Gasteiger partial charge in [0.25, 0.3) is 0 Å². The van der Waals surface area contributed by atoms with E-state index in [1.54, 1.807) is 18.3 Å². The van der Waals surface area contributed by atoms with E-state index >= 15 is 0 Å². The van der Waals surface area contributed by atoms with Crippen molar-refractivity contribution < 1.29 is 13.2 Å². The van der Waals surface area contributed by atoms with E-state index in [2.05, 4.69) is 0 Å². The maximum Gasteiger partial charge on any atom is 0.417 e. The molecule has 5 heteroatoms. The Bertz CT molecular complexity index is 550. The summed E-state index contributed by atoms with van der Waals surface area (Å²) in [4.78, 5) is 1.49. The van der Waals surface area contributed by atoms with E-state index in [-0.39, 0.29) is 12.1 Å². The highest BCUT2D eigenvalue weighted by molar-refractivity contribution is 5.74. The van der Waals surface area contributed by atoms with E-state index in [0.29, 0.717) is 5.69 Å². The summed E-state index contributed by atoms with van der Waals surface area (Å²) >= 11 is 0. The summed E-state index contributed by atoms with van der Waals surface area (Å²) in [7, 11) is 0. The second-order valence-electron chi connectivity index (χ2n) is 3.72. The Morgan fingerprint density at radius 3 is 2.67 bits per heavy atom. The second kappa shape index (κ2) is 4.57. The lowest BCUT2D eigenvalue weighted by Gasteiger charge is -2.21. The molecule has 0 saturated carbocycles. The van der Waals surface area contributed by atoms with Crippen molar-refractivity contribution in [3.8, 4) is 6.07 Å². The zero-order chi connectivity index (χ0) is 13.2. The zero-order valence-corrected chi connectivity index (χ0v) is 9.28. The first-order valence-electron chi connectivity index (χ1n) is 5.22. The number of nitrogens with zero attached hydrogens (tertiary/aromatic N) is 2. The molecule has 0 N–H and O–H groups in total. The predicted molar refractivity (Wildman–Crippen MR) is 62.6 cm³/mol. The molecule has 0 aromatic heterocycles. The molecule has 1 aliphatic rings. The quantitative estimate of drug-likeness (QED) is 0.712. The average Bonchev–Trinajstić information content (AvgIpc) is 2.51. The van der Waals surface area contributed by atoms with Crippen molar-refractivity contribution in [2.75, 3.05) is 11.4 Å². The molecule has 0 fully saturated rings. The van der Waals surface area contributed by atoms with Crippen LogP contribution < -0.4 is 4.90 Å². The summed E-state index contributed by atoms with van der Waals surface area (Å²) in [6.07, 6.45) is 1.74. The summed E-state index contributed by atoms with van der Waals surface area (Å²) in [6.45, 7) is 0.00644. The van der Waals surface area contributed by atoms with Gasteiger partial charge in [0.15, 0.2) is 0 Å². The van der Waals surface area contributed by atoms with Crippen molar-refractivity contribution in [3.05, 3.63) is 47.7 Å².